The number of hydrogen-bond donors (Lipinski definition) is 0. The maximum Gasteiger partial charge on any atom is 0.119 e. The lowest BCUT2D eigenvalue weighted by Gasteiger charge is -2.09. The van der Waals surface area contributed by atoms with E-state index in [1.54, 1.807) is 14.2 Å². The van der Waals surface area contributed by atoms with Gasteiger partial charge in [-0.3, -0.25) is 4.99 Å². The Morgan fingerprint density at radius 1 is 0.720 bits per heavy atom. The molecule has 3 heteroatoms. The summed E-state index contributed by atoms with van der Waals surface area (Å²) in [5.41, 5.74) is 4.23. The number of methoxy groups -OCH3 is 2. The Bertz CT molecular complexity index is 822. The van der Waals surface area contributed by atoms with E-state index in [0.717, 1.165) is 34.9 Å². The molecule has 0 N–H and O–H groups in total. The van der Waals surface area contributed by atoms with Crippen LogP contribution in [0.2, 0.25) is 0 Å². The number of ether oxygens (including phenoxy) is 2. The molecule has 0 fully saturated rings. The van der Waals surface area contributed by atoms with Crippen LogP contribution in [0.3, 0.4) is 0 Å². The van der Waals surface area contributed by atoms with Crippen molar-refractivity contribution in [2.75, 3.05) is 14.2 Å². The molecule has 0 heterocycles. The summed E-state index contributed by atoms with van der Waals surface area (Å²) in [6.07, 6.45) is 0.763. The van der Waals surface area contributed by atoms with Gasteiger partial charge in [-0.1, -0.05) is 30.3 Å². The van der Waals surface area contributed by atoms with E-state index in [-0.39, 0.29) is 0 Å². The van der Waals surface area contributed by atoms with E-state index in [9.17, 15) is 0 Å². The second-order valence-electron chi connectivity index (χ2n) is 5.65. The van der Waals surface area contributed by atoms with Crippen LogP contribution in [0.4, 0.5) is 5.69 Å². The van der Waals surface area contributed by atoms with Crippen LogP contribution in [-0.2, 0) is 6.42 Å². The molecule has 0 atom stereocenters. The SMILES string of the molecule is COc1ccc(N=C(Cc2ccccc2)c2ccc(OC)cc2)cc1. The molecule has 0 saturated heterocycles. The minimum Gasteiger partial charge on any atom is -0.497 e. The third-order valence-electron chi connectivity index (χ3n) is 3.97. The lowest BCUT2D eigenvalue weighted by molar-refractivity contribution is 0.414. The van der Waals surface area contributed by atoms with Gasteiger partial charge < -0.3 is 9.47 Å². The highest BCUT2D eigenvalue weighted by Gasteiger charge is 2.07. The fourth-order valence-electron chi connectivity index (χ4n) is 2.59. The molecule has 0 aliphatic rings. The van der Waals surface area contributed by atoms with Crippen molar-refractivity contribution in [2.24, 2.45) is 4.99 Å². The van der Waals surface area contributed by atoms with Crippen molar-refractivity contribution >= 4 is 11.4 Å². The van der Waals surface area contributed by atoms with E-state index < -0.39 is 0 Å². The van der Waals surface area contributed by atoms with E-state index in [1.807, 2.05) is 66.7 Å². The number of benzene rings is 3. The van der Waals surface area contributed by atoms with Crippen LogP contribution in [0.15, 0.2) is 83.9 Å². The topological polar surface area (TPSA) is 30.8 Å². The van der Waals surface area contributed by atoms with E-state index in [1.165, 1.54) is 5.56 Å². The molecule has 3 rings (SSSR count). The molecular formula is C22H21NO2. The minimum atomic E-state index is 0.763. The van der Waals surface area contributed by atoms with Crippen molar-refractivity contribution in [3.05, 3.63) is 90.0 Å². The molecule has 0 amide bonds. The maximum atomic E-state index is 5.26. The number of nitrogens with zero attached hydrogens (tertiary/aromatic N) is 1. The highest BCUT2D eigenvalue weighted by Crippen LogP contribution is 2.21. The molecule has 0 unspecified atom stereocenters. The second-order valence-corrected chi connectivity index (χ2v) is 5.65. The summed E-state index contributed by atoms with van der Waals surface area (Å²) in [6.45, 7) is 0. The fourth-order valence-corrected chi connectivity index (χ4v) is 2.59. The molecule has 0 radical (unpaired) electrons. The summed E-state index contributed by atoms with van der Waals surface area (Å²) in [4.78, 5) is 4.88. The predicted molar refractivity (Wildman–Crippen MR) is 102 cm³/mol. The Morgan fingerprint density at radius 3 is 1.84 bits per heavy atom. The summed E-state index contributed by atoms with van der Waals surface area (Å²) in [6, 6.07) is 26.2. The summed E-state index contributed by atoms with van der Waals surface area (Å²) >= 11 is 0. The Labute approximate surface area is 148 Å². The smallest absolute Gasteiger partial charge is 0.119 e. The van der Waals surface area contributed by atoms with Gasteiger partial charge in [0.15, 0.2) is 0 Å². The van der Waals surface area contributed by atoms with Gasteiger partial charge in [0.1, 0.15) is 11.5 Å². The number of aliphatic imine (C=N–C) groups is 1. The average Bonchev–Trinajstić information content (AvgIpc) is 2.69. The van der Waals surface area contributed by atoms with Gasteiger partial charge in [0, 0.05) is 6.42 Å². The Hall–Kier alpha value is -3.07. The molecular weight excluding hydrogens is 310 g/mol. The van der Waals surface area contributed by atoms with Gasteiger partial charge in [0.05, 0.1) is 25.6 Å². The second kappa shape index (κ2) is 8.15. The molecule has 3 aromatic carbocycles. The van der Waals surface area contributed by atoms with Crippen LogP contribution in [0.1, 0.15) is 11.1 Å². The number of rotatable bonds is 6. The maximum absolute atomic E-state index is 5.26. The predicted octanol–water partition coefficient (Wildman–Crippen LogP) is 5.07. The molecule has 0 bridgehead atoms. The lowest BCUT2D eigenvalue weighted by atomic mass is 10.0. The van der Waals surface area contributed by atoms with Gasteiger partial charge in [-0.25, -0.2) is 0 Å². The van der Waals surface area contributed by atoms with Gasteiger partial charge in [-0.05, 0) is 59.7 Å². The van der Waals surface area contributed by atoms with Gasteiger partial charge in [-0.2, -0.15) is 0 Å². The van der Waals surface area contributed by atoms with Gasteiger partial charge in [0.25, 0.3) is 0 Å². The first-order chi connectivity index (χ1) is 12.3. The van der Waals surface area contributed by atoms with Crippen LogP contribution < -0.4 is 9.47 Å². The average molecular weight is 331 g/mol. The quantitative estimate of drug-likeness (QED) is 0.591. The monoisotopic (exact) mass is 331 g/mol. The Morgan fingerprint density at radius 2 is 1.28 bits per heavy atom. The molecule has 25 heavy (non-hydrogen) atoms. The lowest BCUT2D eigenvalue weighted by Crippen LogP contribution is -2.05. The van der Waals surface area contributed by atoms with Crippen molar-refractivity contribution in [3.63, 3.8) is 0 Å². The molecule has 3 aromatic rings. The Kier molecular flexibility index (Phi) is 5.47. The summed E-state index contributed by atoms with van der Waals surface area (Å²) < 4.78 is 10.5. The van der Waals surface area contributed by atoms with Crippen LogP contribution in [0.25, 0.3) is 0 Å². The van der Waals surface area contributed by atoms with Gasteiger partial charge >= 0.3 is 0 Å². The summed E-state index contributed by atoms with van der Waals surface area (Å²) in [7, 11) is 3.34. The van der Waals surface area contributed by atoms with Crippen molar-refractivity contribution < 1.29 is 9.47 Å². The zero-order valence-corrected chi connectivity index (χ0v) is 14.5. The van der Waals surface area contributed by atoms with Crippen molar-refractivity contribution in [1.29, 1.82) is 0 Å². The zero-order chi connectivity index (χ0) is 17.5. The van der Waals surface area contributed by atoms with E-state index in [4.69, 9.17) is 14.5 Å². The summed E-state index contributed by atoms with van der Waals surface area (Å²) in [5, 5.41) is 0. The van der Waals surface area contributed by atoms with Gasteiger partial charge in [-0.15, -0.1) is 0 Å². The van der Waals surface area contributed by atoms with Crippen molar-refractivity contribution in [1.82, 2.24) is 0 Å². The molecule has 0 aliphatic carbocycles. The molecule has 0 aliphatic heterocycles. The molecule has 0 spiro atoms. The first-order valence-electron chi connectivity index (χ1n) is 8.18. The highest BCUT2D eigenvalue weighted by molar-refractivity contribution is 6.03. The van der Waals surface area contributed by atoms with Crippen LogP contribution in [0.5, 0.6) is 11.5 Å². The molecule has 0 saturated carbocycles. The molecule has 3 nitrogen and oxygen atoms in total. The fraction of sp³-hybridized carbons (Fsp3) is 0.136. The van der Waals surface area contributed by atoms with Crippen molar-refractivity contribution in [2.45, 2.75) is 6.42 Å². The minimum absolute atomic E-state index is 0.763. The Balaban J connectivity index is 1.95. The largest absolute Gasteiger partial charge is 0.497 e. The van der Waals surface area contributed by atoms with Gasteiger partial charge in [0.2, 0.25) is 0 Å². The highest BCUT2D eigenvalue weighted by atomic mass is 16.5. The van der Waals surface area contributed by atoms with Crippen molar-refractivity contribution in [3.8, 4) is 11.5 Å². The third-order valence-corrected chi connectivity index (χ3v) is 3.97. The van der Waals surface area contributed by atoms with Crippen LogP contribution >= 0.6 is 0 Å². The van der Waals surface area contributed by atoms with Crippen LogP contribution in [-0.4, -0.2) is 19.9 Å². The first-order valence-corrected chi connectivity index (χ1v) is 8.18. The van der Waals surface area contributed by atoms with Crippen LogP contribution in [0, 0.1) is 0 Å². The van der Waals surface area contributed by atoms with E-state index >= 15 is 0 Å². The molecule has 126 valence electrons. The number of hydrogen-bond acceptors (Lipinski definition) is 3. The van der Waals surface area contributed by atoms with E-state index in [2.05, 4.69) is 12.1 Å². The normalized spacial score (nSPS) is 11.2. The van der Waals surface area contributed by atoms with E-state index in [0.29, 0.717) is 0 Å². The molecule has 0 aromatic heterocycles. The first kappa shape index (κ1) is 16.8. The standard InChI is InChI=1S/C22H21NO2/c1-24-20-12-8-18(9-13-20)22(16-17-6-4-3-5-7-17)23-19-10-14-21(25-2)15-11-19/h3-15H,16H2,1-2H3. The summed E-state index contributed by atoms with van der Waals surface area (Å²) in [5.74, 6) is 1.67. The zero-order valence-electron chi connectivity index (χ0n) is 14.5. The third kappa shape index (κ3) is 4.48.